The van der Waals surface area contributed by atoms with E-state index in [0.29, 0.717) is 6.54 Å². The fourth-order valence-electron chi connectivity index (χ4n) is 1.68. The molecule has 4 nitrogen and oxygen atoms in total. The quantitative estimate of drug-likeness (QED) is 0.920. The maximum absolute atomic E-state index is 5.18. The van der Waals surface area contributed by atoms with E-state index < -0.39 is 0 Å². The van der Waals surface area contributed by atoms with Gasteiger partial charge in [0.25, 0.3) is 0 Å². The van der Waals surface area contributed by atoms with Crippen LogP contribution in [0.4, 0.5) is 0 Å². The van der Waals surface area contributed by atoms with Crippen LogP contribution in [0.5, 0.6) is 5.75 Å². The maximum Gasteiger partial charge on any atom is 0.124 e. The Labute approximate surface area is 114 Å². The van der Waals surface area contributed by atoms with Crippen LogP contribution in [0.1, 0.15) is 24.2 Å². The third kappa shape index (κ3) is 3.11. The van der Waals surface area contributed by atoms with Gasteiger partial charge in [0.05, 0.1) is 12.8 Å². The second-order valence-electron chi connectivity index (χ2n) is 3.98. The molecule has 1 N–H and O–H groups in total. The Morgan fingerprint density at radius 3 is 2.89 bits per heavy atom. The lowest BCUT2D eigenvalue weighted by atomic mass is 10.1. The first-order chi connectivity index (χ1) is 8.70. The number of hydrogen-bond donors (Lipinski definition) is 1. The summed E-state index contributed by atoms with van der Waals surface area (Å²) in [4.78, 5) is 0. The van der Waals surface area contributed by atoms with Crippen molar-refractivity contribution in [3.63, 3.8) is 0 Å². The van der Waals surface area contributed by atoms with Crippen molar-refractivity contribution in [2.75, 3.05) is 7.11 Å². The van der Waals surface area contributed by atoms with Gasteiger partial charge < -0.3 is 14.6 Å². The minimum Gasteiger partial charge on any atom is -0.497 e. The zero-order chi connectivity index (χ0) is 13.0. The molecule has 1 heterocycles. The molecule has 0 unspecified atom stereocenters. The fraction of sp³-hybridized carbons (Fsp3) is 0.308. The van der Waals surface area contributed by atoms with Gasteiger partial charge in [-0.3, -0.25) is 0 Å². The van der Waals surface area contributed by atoms with Crippen LogP contribution in [0.3, 0.4) is 0 Å². The van der Waals surface area contributed by atoms with E-state index in [1.54, 1.807) is 13.4 Å². The van der Waals surface area contributed by atoms with Crippen molar-refractivity contribution in [1.29, 1.82) is 0 Å². The molecule has 0 fully saturated rings. The zero-order valence-electron chi connectivity index (χ0n) is 10.3. The highest BCUT2D eigenvalue weighted by Crippen LogP contribution is 2.27. The summed E-state index contributed by atoms with van der Waals surface area (Å²) in [6, 6.07) is 8.02. The zero-order valence-corrected chi connectivity index (χ0v) is 11.9. The molecule has 0 saturated heterocycles. The molecular weight excluding hydrogens is 296 g/mol. The normalized spacial score (nSPS) is 12.4. The molecule has 0 radical (unpaired) electrons. The van der Waals surface area contributed by atoms with Crippen LogP contribution in [-0.2, 0) is 6.54 Å². The van der Waals surface area contributed by atoms with Gasteiger partial charge in [-0.25, -0.2) is 0 Å². The number of aromatic nitrogens is 1. The molecule has 0 amide bonds. The second-order valence-corrected chi connectivity index (χ2v) is 4.84. The van der Waals surface area contributed by atoms with E-state index in [1.807, 2.05) is 24.3 Å². The number of rotatable bonds is 5. The van der Waals surface area contributed by atoms with Gasteiger partial charge in [-0.1, -0.05) is 27.2 Å². The van der Waals surface area contributed by atoms with Crippen molar-refractivity contribution < 1.29 is 9.26 Å². The monoisotopic (exact) mass is 310 g/mol. The number of nitrogens with one attached hydrogen (secondary N) is 1. The Bertz CT molecular complexity index is 500. The van der Waals surface area contributed by atoms with Crippen molar-refractivity contribution in [3.8, 4) is 5.75 Å². The number of nitrogens with zero attached hydrogens (tertiary/aromatic N) is 1. The van der Waals surface area contributed by atoms with Crippen LogP contribution in [0.15, 0.2) is 39.5 Å². The third-order valence-electron chi connectivity index (χ3n) is 2.75. The molecular formula is C13H15BrN2O2. The summed E-state index contributed by atoms with van der Waals surface area (Å²) in [5, 5.41) is 7.25. The summed E-state index contributed by atoms with van der Waals surface area (Å²) in [6.45, 7) is 2.78. The van der Waals surface area contributed by atoms with Crippen LogP contribution < -0.4 is 10.1 Å². The highest BCUT2D eigenvalue weighted by molar-refractivity contribution is 9.10. The van der Waals surface area contributed by atoms with E-state index in [9.17, 15) is 0 Å². The maximum atomic E-state index is 5.18. The van der Waals surface area contributed by atoms with E-state index in [2.05, 4.69) is 33.3 Å². The molecule has 1 aromatic carbocycles. The molecule has 2 rings (SSSR count). The Hall–Kier alpha value is -1.33. The minimum absolute atomic E-state index is 0.210. The summed E-state index contributed by atoms with van der Waals surface area (Å²) >= 11 is 3.55. The van der Waals surface area contributed by atoms with Crippen LogP contribution in [0.25, 0.3) is 0 Å². The summed E-state index contributed by atoms with van der Waals surface area (Å²) in [7, 11) is 1.66. The van der Waals surface area contributed by atoms with Crippen LogP contribution >= 0.6 is 15.9 Å². The van der Waals surface area contributed by atoms with Gasteiger partial charge >= 0.3 is 0 Å². The Morgan fingerprint density at radius 2 is 2.28 bits per heavy atom. The average molecular weight is 311 g/mol. The van der Waals surface area contributed by atoms with Gasteiger partial charge in [0.1, 0.15) is 12.0 Å². The number of benzene rings is 1. The lowest BCUT2D eigenvalue weighted by Crippen LogP contribution is -2.18. The first kappa shape index (κ1) is 13.1. The summed E-state index contributed by atoms with van der Waals surface area (Å²) in [5.74, 6) is 0.842. The van der Waals surface area contributed by atoms with Crippen LogP contribution in [0.2, 0.25) is 0 Å². The van der Waals surface area contributed by atoms with Crippen molar-refractivity contribution in [1.82, 2.24) is 10.5 Å². The van der Waals surface area contributed by atoms with Crippen LogP contribution in [0, 0.1) is 0 Å². The van der Waals surface area contributed by atoms with E-state index in [-0.39, 0.29) is 6.04 Å². The Morgan fingerprint density at radius 1 is 1.44 bits per heavy atom. The minimum atomic E-state index is 0.210. The van der Waals surface area contributed by atoms with E-state index >= 15 is 0 Å². The predicted octanol–water partition coefficient (Wildman–Crippen LogP) is 3.30. The smallest absolute Gasteiger partial charge is 0.124 e. The molecule has 0 bridgehead atoms. The Balaban J connectivity index is 2.02. The number of ether oxygens (including phenoxy) is 1. The van der Waals surface area contributed by atoms with E-state index in [4.69, 9.17) is 9.26 Å². The van der Waals surface area contributed by atoms with Gasteiger partial charge in [-0.05, 0) is 24.6 Å². The first-order valence-corrected chi connectivity index (χ1v) is 6.46. The van der Waals surface area contributed by atoms with Gasteiger partial charge in [-0.15, -0.1) is 0 Å². The van der Waals surface area contributed by atoms with Crippen LogP contribution in [-0.4, -0.2) is 12.3 Å². The molecule has 2 aromatic rings. The van der Waals surface area contributed by atoms with Gasteiger partial charge in [0, 0.05) is 23.1 Å². The summed E-state index contributed by atoms with van der Waals surface area (Å²) < 4.78 is 11.0. The van der Waals surface area contributed by atoms with Crippen molar-refractivity contribution in [2.24, 2.45) is 0 Å². The molecule has 0 saturated carbocycles. The van der Waals surface area contributed by atoms with Crippen molar-refractivity contribution in [3.05, 3.63) is 46.3 Å². The average Bonchev–Trinajstić information content (AvgIpc) is 2.88. The Kier molecular flexibility index (Phi) is 4.38. The van der Waals surface area contributed by atoms with Gasteiger partial charge in [0.2, 0.25) is 0 Å². The predicted molar refractivity (Wildman–Crippen MR) is 72.5 cm³/mol. The van der Waals surface area contributed by atoms with Crippen molar-refractivity contribution >= 4 is 15.9 Å². The molecule has 0 aliphatic carbocycles. The molecule has 0 aliphatic heterocycles. The highest BCUT2D eigenvalue weighted by Gasteiger charge is 2.10. The topological polar surface area (TPSA) is 47.3 Å². The van der Waals surface area contributed by atoms with E-state index in [0.717, 1.165) is 15.9 Å². The number of hydrogen-bond acceptors (Lipinski definition) is 4. The first-order valence-electron chi connectivity index (χ1n) is 5.67. The molecule has 1 aromatic heterocycles. The molecule has 18 heavy (non-hydrogen) atoms. The molecule has 0 spiro atoms. The standard InChI is InChI=1S/C13H15BrN2O2/c1-9(15-8-10-5-6-18-16-10)12-4-3-11(17-2)7-13(12)14/h3-7,9,15H,8H2,1-2H3/t9-/m1/s1. The highest BCUT2D eigenvalue weighted by atomic mass is 79.9. The SMILES string of the molecule is COc1ccc([C@@H](C)NCc2ccon2)c(Br)c1. The third-order valence-corrected chi connectivity index (χ3v) is 3.44. The lowest BCUT2D eigenvalue weighted by molar-refractivity contribution is 0.405. The summed E-state index contributed by atoms with van der Waals surface area (Å²) in [6.07, 6.45) is 1.57. The number of halogens is 1. The molecule has 0 aliphatic rings. The molecule has 96 valence electrons. The lowest BCUT2D eigenvalue weighted by Gasteiger charge is -2.15. The molecule has 1 atom stereocenters. The van der Waals surface area contributed by atoms with Gasteiger partial charge in [-0.2, -0.15) is 0 Å². The number of methoxy groups -OCH3 is 1. The summed E-state index contributed by atoms with van der Waals surface area (Å²) in [5.41, 5.74) is 2.07. The van der Waals surface area contributed by atoms with Gasteiger partial charge in [0.15, 0.2) is 0 Å². The fourth-order valence-corrected chi connectivity index (χ4v) is 2.38. The van der Waals surface area contributed by atoms with Crippen molar-refractivity contribution in [2.45, 2.75) is 19.5 Å². The van der Waals surface area contributed by atoms with E-state index in [1.165, 1.54) is 5.56 Å². The second kappa shape index (κ2) is 6.02. The molecule has 5 heteroatoms. The largest absolute Gasteiger partial charge is 0.497 e.